The van der Waals surface area contributed by atoms with Crippen LogP contribution in [0.4, 0.5) is 0 Å². The third-order valence-electron chi connectivity index (χ3n) is 3.27. The predicted octanol–water partition coefficient (Wildman–Crippen LogP) is 2.54. The molecule has 0 saturated carbocycles. The molecule has 1 N–H and O–H groups in total. The Morgan fingerprint density at radius 3 is 2.53 bits per heavy atom. The first-order valence-corrected chi connectivity index (χ1v) is 6.36. The highest BCUT2D eigenvalue weighted by molar-refractivity contribution is 5.77. The highest BCUT2D eigenvalue weighted by Gasteiger charge is 2.20. The first kappa shape index (κ1) is 11.9. The standard InChI is InChI=1S/C16H15NO2/c18-16-11-19-15(10-17-16)14-8-4-7-13(9-14)12-5-2-1-3-6-12/h1-9,15H,10-11H2,(H,17,18)/t15-/m1/s1. The van der Waals surface area contributed by atoms with Crippen molar-refractivity contribution >= 4 is 5.91 Å². The number of ether oxygens (including phenoxy) is 1. The molecule has 1 aliphatic heterocycles. The van der Waals surface area contributed by atoms with Gasteiger partial charge in [-0.15, -0.1) is 0 Å². The van der Waals surface area contributed by atoms with Crippen molar-refractivity contribution in [2.45, 2.75) is 6.10 Å². The smallest absolute Gasteiger partial charge is 0.246 e. The minimum absolute atomic E-state index is 0.0459. The molecule has 3 heteroatoms. The van der Waals surface area contributed by atoms with Crippen molar-refractivity contribution in [2.75, 3.05) is 13.2 Å². The highest BCUT2D eigenvalue weighted by Crippen LogP contribution is 2.25. The molecule has 19 heavy (non-hydrogen) atoms. The summed E-state index contributed by atoms with van der Waals surface area (Å²) in [5, 5.41) is 2.83. The van der Waals surface area contributed by atoms with E-state index in [1.807, 2.05) is 30.3 Å². The molecule has 1 atom stereocenters. The van der Waals surface area contributed by atoms with E-state index in [1.165, 1.54) is 11.1 Å². The number of hydrogen-bond acceptors (Lipinski definition) is 2. The second-order valence-electron chi connectivity index (χ2n) is 4.60. The van der Waals surface area contributed by atoms with Gasteiger partial charge >= 0.3 is 0 Å². The molecule has 0 aliphatic carbocycles. The van der Waals surface area contributed by atoms with Crippen LogP contribution in [0.5, 0.6) is 0 Å². The Morgan fingerprint density at radius 1 is 1.00 bits per heavy atom. The normalized spacial score (nSPS) is 18.9. The Hall–Kier alpha value is -2.13. The number of hydrogen-bond donors (Lipinski definition) is 1. The van der Waals surface area contributed by atoms with Crippen molar-refractivity contribution in [2.24, 2.45) is 0 Å². The molecule has 2 aromatic carbocycles. The molecular formula is C16H15NO2. The molecule has 0 aromatic heterocycles. The molecule has 0 radical (unpaired) electrons. The predicted molar refractivity (Wildman–Crippen MR) is 73.6 cm³/mol. The minimum atomic E-state index is -0.0543. The Balaban J connectivity index is 1.86. The fourth-order valence-electron chi connectivity index (χ4n) is 2.26. The lowest BCUT2D eigenvalue weighted by Gasteiger charge is -2.23. The molecule has 0 unspecified atom stereocenters. The van der Waals surface area contributed by atoms with Gasteiger partial charge in [-0.25, -0.2) is 0 Å². The number of nitrogens with one attached hydrogen (secondary N) is 1. The van der Waals surface area contributed by atoms with E-state index in [-0.39, 0.29) is 18.6 Å². The van der Waals surface area contributed by atoms with Crippen LogP contribution in [0.1, 0.15) is 11.7 Å². The Morgan fingerprint density at radius 2 is 1.79 bits per heavy atom. The SMILES string of the molecule is O=C1CO[C@@H](c2cccc(-c3ccccc3)c2)CN1. The van der Waals surface area contributed by atoms with E-state index >= 15 is 0 Å². The Kier molecular flexibility index (Phi) is 3.29. The Bertz CT molecular complexity index is 570. The summed E-state index contributed by atoms with van der Waals surface area (Å²) in [6, 6.07) is 18.5. The van der Waals surface area contributed by atoms with Gasteiger partial charge in [0.05, 0.1) is 0 Å². The zero-order valence-electron chi connectivity index (χ0n) is 10.5. The molecular weight excluding hydrogens is 238 g/mol. The van der Waals surface area contributed by atoms with Gasteiger partial charge < -0.3 is 10.1 Å². The molecule has 0 spiro atoms. The van der Waals surface area contributed by atoms with Gasteiger partial charge in [0.2, 0.25) is 5.91 Å². The van der Waals surface area contributed by atoms with Crippen LogP contribution >= 0.6 is 0 Å². The molecule has 1 fully saturated rings. The molecule has 3 nitrogen and oxygen atoms in total. The third-order valence-corrected chi connectivity index (χ3v) is 3.27. The van der Waals surface area contributed by atoms with Gasteiger partial charge in [-0.05, 0) is 22.8 Å². The number of carbonyl (C=O) groups excluding carboxylic acids is 1. The van der Waals surface area contributed by atoms with E-state index in [1.54, 1.807) is 0 Å². The maximum Gasteiger partial charge on any atom is 0.246 e. The zero-order chi connectivity index (χ0) is 13.1. The summed E-state index contributed by atoms with van der Waals surface area (Å²) in [6.45, 7) is 0.678. The maximum atomic E-state index is 11.1. The molecule has 1 amide bonds. The second-order valence-corrected chi connectivity index (χ2v) is 4.60. The van der Waals surface area contributed by atoms with Gasteiger partial charge in [0, 0.05) is 6.54 Å². The van der Waals surface area contributed by atoms with Crippen LogP contribution in [0.3, 0.4) is 0 Å². The summed E-state index contributed by atoms with van der Waals surface area (Å²) >= 11 is 0. The minimum Gasteiger partial charge on any atom is -0.362 e. The van der Waals surface area contributed by atoms with E-state index < -0.39 is 0 Å². The lowest BCUT2D eigenvalue weighted by Crippen LogP contribution is -2.38. The van der Waals surface area contributed by atoms with Gasteiger partial charge in [0.1, 0.15) is 12.7 Å². The number of amides is 1. The van der Waals surface area contributed by atoms with Crippen LogP contribution < -0.4 is 5.32 Å². The highest BCUT2D eigenvalue weighted by atomic mass is 16.5. The van der Waals surface area contributed by atoms with Crippen molar-refractivity contribution in [3.63, 3.8) is 0 Å². The lowest BCUT2D eigenvalue weighted by atomic mass is 10.0. The van der Waals surface area contributed by atoms with Gasteiger partial charge in [0.25, 0.3) is 0 Å². The van der Waals surface area contributed by atoms with Gasteiger partial charge in [-0.1, -0.05) is 48.5 Å². The Labute approximate surface area is 112 Å². The van der Waals surface area contributed by atoms with Gasteiger partial charge in [-0.2, -0.15) is 0 Å². The van der Waals surface area contributed by atoms with Crippen LogP contribution in [0.15, 0.2) is 54.6 Å². The number of morpholine rings is 1. The van der Waals surface area contributed by atoms with E-state index in [2.05, 4.69) is 29.6 Å². The summed E-state index contributed by atoms with van der Waals surface area (Å²) in [6.07, 6.45) is -0.0543. The number of rotatable bonds is 2. The van der Waals surface area contributed by atoms with E-state index in [9.17, 15) is 4.79 Å². The summed E-state index contributed by atoms with van der Waals surface area (Å²) in [5.41, 5.74) is 3.45. The topological polar surface area (TPSA) is 38.3 Å². The van der Waals surface area contributed by atoms with Crippen LogP contribution in [0, 0.1) is 0 Å². The summed E-state index contributed by atoms with van der Waals surface area (Å²) in [4.78, 5) is 11.1. The van der Waals surface area contributed by atoms with Crippen molar-refractivity contribution < 1.29 is 9.53 Å². The summed E-state index contributed by atoms with van der Waals surface area (Å²) in [5.74, 6) is -0.0459. The number of carbonyl (C=O) groups is 1. The van der Waals surface area contributed by atoms with Crippen molar-refractivity contribution in [1.29, 1.82) is 0 Å². The molecule has 2 aromatic rings. The molecule has 1 aliphatic rings. The van der Waals surface area contributed by atoms with Crippen LogP contribution in [-0.2, 0) is 9.53 Å². The molecule has 96 valence electrons. The third kappa shape index (κ3) is 2.66. The van der Waals surface area contributed by atoms with Gasteiger partial charge in [-0.3, -0.25) is 4.79 Å². The molecule has 1 saturated heterocycles. The zero-order valence-corrected chi connectivity index (χ0v) is 10.5. The summed E-state index contributed by atoms with van der Waals surface area (Å²) < 4.78 is 5.56. The van der Waals surface area contributed by atoms with E-state index in [0.29, 0.717) is 6.54 Å². The first-order chi connectivity index (χ1) is 9.33. The summed E-state index contributed by atoms with van der Waals surface area (Å²) in [7, 11) is 0. The van der Waals surface area contributed by atoms with Gasteiger partial charge in [0.15, 0.2) is 0 Å². The molecule has 3 rings (SSSR count). The fraction of sp³-hybridized carbons (Fsp3) is 0.188. The lowest BCUT2D eigenvalue weighted by molar-refractivity contribution is -0.133. The average Bonchev–Trinajstić information content (AvgIpc) is 2.49. The first-order valence-electron chi connectivity index (χ1n) is 6.36. The van der Waals surface area contributed by atoms with Crippen molar-refractivity contribution in [3.8, 4) is 11.1 Å². The van der Waals surface area contributed by atoms with E-state index in [0.717, 1.165) is 5.56 Å². The fourth-order valence-corrected chi connectivity index (χ4v) is 2.26. The van der Waals surface area contributed by atoms with Crippen LogP contribution in [0.25, 0.3) is 11.1 Å². The van der Waals surface area contributed by atoms with Crippen LogP contribution in [0.2, 0.25) is 0 Å². The van der Waals surface area contributed by atoms with Crippen molar-refractivity contribution in [1.82, 2.24) is 5.32 Å². The molecule has 0 bridgehead atoms. The second kappa shape index (κ2) is 5.24. The van der Waals surface area contributed by atoms with Crippen LogP contribution in [-0.4, -0.2) is 19.1 Å². The largest absolute Gasteiger partial charge is 0.362 e. The quantitative estimate of drug-likeness (QED) is 0.893. The number of benzene rings is 2. The molecule has 1 heterocycles. The van der Waals surface area contributed by atoms with E-state index in [4.69, 9.17) is 4.74 Å². The maximum absolute atomic E-state index is 11.1. The monoisotopic (exact) mass is 253 g/mol. The van der Waals surface area contributed by atoms with Crippen molar-refractivity contribution in [3.05, 3.63) is 60.2 Å². The average molecular weight is 253 g/mol.